The molecule has 0 spiro atoms. The first kappa shape index (κ1) is 15.6. The van der Waals surface area contributed by atoms with E-state index < -0.39 is 0 Å². The van der Waals surface area contributed by atoms with Gasteiger partial charge in [0, 0.05) is 7.11 Å². The Hall–Kier alpha value is -0.820. The lowest BCUT2D eigenvalue weighted by molar-refractivity contribution is 0.119. The summed E-state index contributed by atoms with van der Waals surface area (Å²) in [5.41, 5.74) is 1.23. The van der Waals surface area contributed by atoms with E-state index in [4.69, 9.17) is 4.74 Å². The molecule has 0 aliphatic heterocycles. The molecule has 1 heteroatoms. The third kappa shape index (κ3) is 6.67. The molecule has 0 radical (unpaired) electrons. The molecule has 1 rings (SSSR count). The van der Waals surface area contributed by atoms with E-state index in [1.807, 2.05) is 52.8 Å². The minimum absolute atomic E-state index is 0.209. The lowest BCUT2D eigenvalue weighted by Crippen LogP contribution is -1.93. The molecule has 0 aromatic heterocycles. The average Bonchev–Trinajstić information content (AvgIpc) is 2.34. The summed E-state index contributed by atoms with van der Waals surface area (Å²) in [6, 6.07) is 10.2. The van der Waals surface area contributed by atoms with Crippen LogP contribution in [-0.4, -0.2) is 7.11 Å². The molecule has 0 heterocycles. The molecule has 1 atom stereocenters. The van der Waals surface area contributed by atoms with E-state index in [2.05, 4.69) is 12.1 Å². The SMILES string of the molecule is CC.CC.COC(C)c1ccccc1. The normalized spacial score (nSPS) is 10.1. The largest absolute Gasteiger partial charge is 0.377 e. The monoisotopic (exact) mass is 196 g/mol. The van der Waals surface area contributed by atoms with Gasteiger partial charge in [0.15, 0.2) is 0 Å². The van der Waals surface area contributed by atoms with E-state index in [9.17, 15) is 0 Å². The molecule has 0 bridgehead atoms. The van der Waals surface area contributed by atoms with Crippen molar-refractivity contribution in [2.45, 2.75) is 40.7 Å². The zero-order valence-electron chi connectivity index (χ0n) is 10.4. The topological polar surface area (TPSA) is 9.23 Å². The van der Waals surface area contributed by atoms with Crippen molar-refractivity contribution in [3.8, 4) is 0 Å². The third-order valence-corrected chi connectivity index (χ3v) is 1.62. The third-order valence-electron chi connectivity index (χ3n) is 1.62. The van der Waals surface area contributed by atoms with Gasteiger partial charge in [-0.05, 0) is 12.5 Å². The molecule has 0 amide bonds. The highest BCUT2D eigenvalue weighted by Crippen LogP contribution is 2.13. The first-order valence-electron chi connectivity index (χ1n) is 5.42. The van der Waals surface area contributed by atoms with Crippen molar-refractivity contribution in [1.82, 2.24) is 0 Å². The van der Waals surface area contributed by atoms with Gasteiger partial charge in [0.05, 0.1) is 6.10 Å². The summed E-state index contributed by atoms with van der Waals surface area (Å²) in [7, 11) is 1.72. The predicted molar refractivity (Wildman–Crippen MR) is 64.6 cm³/mol. The average molecular weight is 196 g/mol. The van der Waals surface area contributed by atoms with Crippen molar-refractivity contribution in [2.24, 2.45) is 0 Å². The molecule has 0 N–H and O–H groups in total. The van der Waals surface area contributed by atoms with Gasteiger partial charge < -0.3 is 4.74 Å². The van der Waals surface area contributed by atoms with Gasteiger partial charge in [-0.3, -0.25) is 0 Å². The van der Waals surface area contributed by atoms with Crippen LogP contribution < -0.4 is 0 Å². The summed E-state index contributed by atoms with van der Waals surface area (Å²) in [5.74, 6) is 0. The van der Waals surface area contributed by atoms with Gasteiger partial charge in [-0.1, -0.05) is 58.0 Å². The molecule has 1 aromatic carbocycles. The van der Waals surface area contributed by atoms with Crippen LogP contribution in [0.3, 0.4) is 0 Å². The summed E-state index contributed by atoms with van der Waals surface area (Å²) in [5, 5.41) is 0. The lowest BCUT2D eigenvalue weighted by Gasteiger charge is -2.07. The summed E-state index contributed by atoms with van der Waals surface area (Å²) in [4.78, 5) is 0. The Bertz CT molecular complexity index is 182. The van der Waals surface area contributed by atoms with E-state index in [0.717, 1.165) is 0 Å². The van der Waals surface area contributed by atoms with Crippen LogP contribution in [0.1, 0.15) is 46.3 Å². The smallest absolute Gasteiger partial charge is 0.0793 e. The lowest BCUT2D eigenvalue weighted by atomic mass is 10.1. The number of benzene rings is 1. The van der Waals surface area contributed by atoms with Gasteiger partial charge in [-0.2, -0.15) is 0 Å². The second-order valence-corrected chi connectivity index (χ2v) is 2.29. The number of hydrogen-bond acceptors (Lipinski definition) is 1. The van der Waals surface area contributed by atoms with Gasteiger partial charge in [-0.25, -0.2) is 0 Å². The highest BCUT2D eigenvalue weighted by atomic mass is 16.5. The number of hydrogen-bond donors (Lipinski definition) is 0. The maximum absolute atomic E-state index is 5.14. The fourth-order valence-corrected chi connectivity index (χ4v) is 0.860. The van der Waals surface area contributed by atoms with Crippen LogP contribution in [0.25, 0.3) is 0 Å². The Morgan fingerprint density at radius 2 is 1.36 bits per heavy atom. The van der Waals surface area contributed by atoms with Crippen molar-refractivity contribution in [3.05, 3.63) is 35.9 Å². The van der Waals surface area contributed by atoms with Gasteiger partial charge in [-0.15, -0.1) is 0 Å². The molecule has 0 aliphatic carbocycles. The van der Waals surface area contributed by atoms with Crippen molar-refractivity contribution in [3.63, 3.8) is 0 Å². The highest BCUT2D eigenvalue weighted by Gasteiger charge is 1.99. The fraction of sp³-hybridized carbons (Fsp3) is 0.538. The maximum atomic E-state index is 5.14. The van der Waals surface area contributed by atoms with Gasteiger partial charge >= 0.3 is 0 Å². The van der Waals surface area contributed by atoms with Crippen LogP contribution in [0, 0.1) is 0 Å². The van der Waals surface area contributed by atoms with Crippen molar-refractivity contribution < 1.29 is 4.74 Å². The molecule has 0 aliphatic rings. The number of methoxy groups -OCH3 is 1. The standard InChI is InChI=1S/C9H12O.2C2H6/c1-8(10-2)9-6-4-3-5-7-9;2*1-2/h3-8H,1-2H3;2*1-2H3. The number of ether oxygens (including phenoxy) is 1. The van der Waals surface area contributed by atoms with Crippen molar-refractivity contribution in [2.75, 3.05) is 7.11 Å². The van der Waals surface area contributed by atoms with Crippen LogP contribution in [0.15, 0.2) is 30.3 Å². The van der Waals surface area contributed by atoms with Crippen LogP contribution >= 0.6 is 0 Å². The minimum Gasteiger partial charge on any atom is -0.377 e. The summed E-state index contributed by atoms with van der Waals surface area (Å²) < 4.78 is 5.14. The Kier molecular flexibility index (Phi) is 13.6. The molecule has 1 aromatic rings. The van der Waals surface area contributed by atoms with Crippen LogP contribution in [0.4, 0.5) is 0 Å². The van der Waals surface area contributed by atoms with Crippen molar-refractivity contribution >= 4 is 0 Å². The minimum atomic E-state index is 0.209. The molecule has 0 fully saturated rings. The van der Waals surface area contributed by atoms with E-state index >= 15 is 0 Å². The molecular formula is C13H24O. The van der Waals surface area contributed by atoms with Crippen LogP contribution in [-0.2, 0) is 4.74 Å². The number of rotatable bonds is 2. The van der Waals surface area contributed by atoms with Gasteiger partial charge in [0.2, 0.25) is 0 Å². The molecule has 82 valence electrons. The fourth-order valence-electron chi connectivity index (χ4n) is 0.860. The second-order valence-electron chi connectivity index (χ2n) is 2.29. The summed E-state index contributed by atoms with van der Waals surface area (Å²) in [6.45, 7) is 10.0. The van der Waals surface area contributed by atoms with E-state index in [-0.39, 0.29) is 6.10 Å². The van der Waals surface area contributed by atoms with E-state index in [0.29, 0.717) is 0 Å². The van der Waals surface area contributed by atoms with Gasteiger partial charge in [0.1, 0.15) is 0 Å². The highest BCUT2D eigenvalue weighted by molar-refractivity contribution is 5.16. The quantitative estimate of drug-likeness (QED) is 0.679. The Morgan fingerprint density at radius 1 is 0.929 bits per heavy atom. The van der Waals surface area contributed by atoms with E-state index in [1.54, 1.807) is 7.11 Å². The van der Waals surface area contributed by atoms with Crippen molar-refractivity contribution in [1.29, 1.82) is 0 Å². The van der Waals surface area contributed by atoms with Crippen LogP contribution in [0.2, 0.25) is 0 Å². The molecular weight excluding hydrogens is 172 g/mol. The maximum Gasteiger partial charge on any atom is 0.0793 e. The molecule has 14 heavy (non-hydrogen) atoms. The molecule has 1 nitrogen and oxygen atoms in total. The summed E-state index contributed by atoms with van der Waals surface area (Å²) in [6.07, 6.45) is 0.209. The second kappa shape index (κ2) is 12.2. The first-order chi connectivity index (χ1) is 6.84. The Morgan fingerprint density at radius 3 is 1.71 bits per heavy atom. The zero-order valence-corrected chi connectivity index (χ0v) is 10.4. The molecule has 0 saturated heterocycles. The Labute approximate surface area is 89.1 Å². The Balaban J connectivity index is 0. The first-order valence-corrected chi connectivity index (χ1v) is 5.42. The van der Waals surface area contributed by atoms with Gasteiger partial charge in [0.25, 0.3) is 0 Å². The molecule has 0 saturated carbocycles. The predicted octanol–water partition coefficient (Wildman–Crippen LogP) is 4.45. The summed E-state index contributed by atoms with van der Waals surface area (Å²) >= 11 is 0. The van der Waals surface area contributed by atoms with E-state index in [1.165, 1.54) is 5.56 Å². The molecule has 1 unspecified atom stereocenters. The zero-order chi connectivity index (χ0) is 11.4. The van der Waals surface area contributed by atoms with Crippen LogP contribution in [0.5, 0.6) is 0 Å².